The zero-order valence-electron chi connectivity index (χ0n) is 15.7. The zero-order valence-corrected chi connectivity index (χ0v) is 18.0. The lowest BCUT2D eigenvalue weighted by molar-refractivity contribution is -0.104. The minimum Gasteiger partial charge on any atom is -0.299 e. The summed E-state index contributed by atoms with van der Waals surface area (Å²) in [6.45, 7) is 4.40. The van der Waals surface area contributed by atoms with Gasteiger partial charge in [-0.1, -0.05) is 91.3 Å². The smallest absolute Gasteiger partial charge is 0.142 e. The molecular weight excluding hydrogens is 407 g/mol. The highest BCUT2D eigenvalue weighted by Crippen LogP contribution is 2.40. The highest BCUT2D eigenvalue weighted by molar-refractivity contribution is 7.99. The molecule has 0 aliphatic rings. The normalized spacial score (nSPS) is 11.3. The molecule has 0 aliphatic carbocycles. The van der Waals surface area contributed by atoms with E-state index in [9.17, 15) is 4.79 Å². The number of carbonyl (C=O) groups excluding carboxylic acids is 1. The van der Waals surface area contributed by atoms with Crippen molar-refractivity contribution < 1.29 is 4.79 Å². The molecule has 3 aromatic carbocycles. The molecule has 3 aromatic rings. The van der Waals surface area contributed by atoms with Crippen LogP contribution >= 0.6 is 35.0 Å². The third-order valence-electron chi connectivity index (χ3n) is 4.39. The predicted molar refractivity (Wildman–Crippen MR) is 122 cm³/mol. The Morgan fingerprint density at radius 1 is 0.929 bits per heavy atom. The molecule has 0 atom stereocenters. The standard InChI is InChI=1S/C24H20Cl2OS/c1-16(2)19-8-3-4-11-23(19)28-18-13-12-17(7-6-14-27)21(15-18)20-9-5-10-22(25)24(20)26/h3-16H,1-2H3/b7-6+. The second kappa shape index (κ2) is 9.47. The van der Waals surface area contributed by atoms with E-state index < -0.39 is 0 Å². The zero-order chi connectivity index (χ0) is 20.1. The Hall–Kier alpha value is -2.00. The van der Waals surface area contributed by atoms with Crippen LogP contribution in [-0.2, 0) is 4.79 Å². The Labute approximate surface area is 180 Å². The van der Waals surface area contributed by atoms with E-state index in [1.165, 1.54) is 16.5 Å². The fraction of sp³-hybridized carbons (Fsp3) is 0.125. The van der Waals surface area contributed by atoms with Gasteiger partial charge in [-0.05, 0) is 52.9 Å². The van der Waals surface area contributed by atoms with Gasteiger partial charge in [-0.2, -0.15) is 0 Å². The fourth-order valence-corrected chi connectivity index (χ4v) is 4.55. The average Bonchev–Trinajstić information content (AvgIpc) is 2.69. The van der Waals surface area contributed by atoms with Gasteiger partial charge in [-0.3, -0.25) is 4.79 Å². The molecule has 0 fully saturated rings. The van der Waals surface area contributed by atoms with E-state index in [-0.39, 0.29) is 0 Å². The lowest BCUT2D eigenvalue weighted by Crippen LogP contribution is -1.91. The Morgan fingerprint density at radius 3 is 2.46 bits per heavy atom. The third kappa shape index (κ3) is 4.70. The molecule has 0 saturated carbocycles. The lowest BCUT2D eigenvalue weighted by Gasteiger charge is -2.14. The molecule has 0 heterocycles. The molecule has 0 unspecified atom stereocenters. The maximum Gasteiger partial charge on any atom is 0.142 e. The number of hydrogen-bond acceptors (Lipinski definition) is 2. The Morgan fingerprint density at radius 2 is 1.71 bits per heavy atom. The summed E-state index contributed by atoms with van der Waals surface area (Å²) in [4.78, 5) is 13.2. The van der Waals surface area contributed by atoms with Crippen molar-refractivity contribution in [1.29, 1.82) is 0 Å². The van der Waals surface area contributed by atoms with Crippen LogP contribution in [0.3, 0.4) is 0 Å². The van der Waals surface area contributed by atoms with Crippen molar-refractivity contribution in [1.82, 2.24) is 0 Å². The van der Waals surface area contributed by atoms with Gasteiger partial charge in [0, 0.05) is 15.4 Å². The van der Waals surface area contributed by atoms with Crippen molar-refractivity contribution in [2.75, 3.05) is 0 Å². The number of allylic oxidation sites excluding steroid dienone is 1. The molecule has 142 valence electrons. The minimum atomic E-state index is 0.445. The van der Waals surface area contributed by atoms with Gasteiger partial charge in [0.1, 0.15) is 6.29 Å². The summed E-state index contributed by atoms with van der Waals surface area (Å²) < 4.78 is 0. The van der Waals surface area contributed by atoms with Gasteiger partial charge < -0.3 is 0 Å². The summed E-state index contributed by atoms with van der Waals surface area (Å²) in [6, 6.07) is 20.2. The van der Waals surface area contributed by atoms with E-state index in [1.807, 2.05) is 18.2 Å². The first-order chi connectivity index (χ1) is 13.5. The first-order valence-electron chi connectivity index (χ1n) is 8.98. The highest BCUT2D eigenvalue weighted by Gasteiger charge is 2.13. The molecule has 0 saturated heterocycles. The maximum atomic E-state index is 10.8. The summed E-state index contributed by atoms with van der Waals surface area (Å²) in [5.74, 6) is 0.445. The van der Waals surface area contributed by atoms with Crippen LogP contribution in [0.15, 0.2) is 76.5 Å². The SMILES string of the molecule is CC(C)c1ccccc1Sc1ccc(/C=C/C=O)c(-c2cccc(Cl)c2Cl)c1. The Bertz CT molecular complexity index is 1020. The molecule has 0 aliphatic heterocycles. The van der Waals surface area contributed by atoms with Gasteiger partial charge in [0.25, 0.3) is 0 Å². The summed E-state index contributed by atoms with van der Waals surface area (Å²) in [6.07, 6.45) is 4.04. The van der Waals surface area contributed by atoms with Crippen molar-refractivity contribution in [2.24, 2.45) is 0 Å². The van der Waals surface area contributed by atoms with Gasteiger partial charge in [-0.15, -0.1) is 0 Å². The largest absolute Gasteiger partial charge is 0.299 e. The van der Waals surface area contributed by atoms with Crippen LogP contribution in [0.4, 0.5) is 0 Å². The Balaban J connectivity index is 2.10. The minimum absolute atomic E-state index is 0.445. The topological polar surface area (TPSA) is 17.1 Å². The van der Waals surface area contributed by atoms with Crippen molar-refractivity contribution in [3.8, 4) is 11.1 Å². The second-order valence-electron chi connectivity index (χ2n) is 6.64. The van der Waals surface area contributed by atoms with E-state index in [0.29, 0.717) is 16.0 Å². The van der Waals surface area contributed by atoms with Crippen LogP contribution in [0.25, 0.3) is 17.2 Å². The molecule has 3 rings (SSSR count). The van der Waals surface area contributed by atoms with Crippen LogP contribution in [0.5, 0.6) is 0 Å². The molecule has 0 spiro atoms. The molecular formula is C24H20Cl2OS. The first kappa shape index (κ1) is 20.7. The van der Waals surface area contributed by atoms with Gasteiger partial charge in [0.05, 0.1) is 10.0 Å². The quantitative estimate of drug-likeness (QED) is 0.292. The second-order valence-corrected chi connectivity index (χ2v) is 8.54. The molecule has 1 nitrogen and oxygen atoms in total. The average molecular weight is 427 g/mol. The third-order valence-corrected chi connectivity index (χ3v) is 6.29. The van der Waals surface area contributed by atoms with Crippen LogP contribution in [0.2, 0.25) is 10.0 Å². The van der Waals surface area contributed by atoms with Gasteiger partial charge in [0.2, 0.25) is 0 Å². The van der Waals surface area contributed by atoms with Gasteiger partial charge in [-0.25, -0.2) is 0 Å². The van der Waals surface area contributed by atoms with Crippen molar-refractivity contribution >= 4 is 47.3 Å². The fourth-order valence-electron chi connectivity index (χ4n) is 3.01. The van der Waals surface area contributed by atoms with Crippen LogP contribution in [0, 0.1) is 0 Å². The van der Waals surface area contributed by atoms with Crippen molar-refractivity contribution in [3.63, 3.8) is 0 Å². The number of halogens is 2. The van der Waals surface area contributed by atoms with Gasteiger partial charge >= 0.3 is 0 Å². The van der Waals surface area contributed by atoms with E-state index in [2.05, 4.69) is 50.2 Å². The van der Waals surface area contributed by atoms with E-state index in [0.717, 1.165) is 27.9 Å². The molecule has 0 amide bonds. The lowest BCUT2D eigenvalue weighted by atomic mass is 9.99. The van der Waals surface area contributed by atoms with Crippen LogP contribution < -0.4 is 0 Å². The molecule has 0 bridgehead atoms. The first-order valence-corrected chi connectivity index (χ1v) is 10.6. The van der Waals surface area contributed by atoms with Crippen molar-refractivity contribution in [2.45, 2.75) is 29.6 Å². The summed E-state index contributed by atoms with van der Waals surface area (Å²) >= 11 is 14.4. The number of aldehydes is 1. The monoisotopic (exact) mass is 426 g/mol. The summed E-state index contributed by atoms with van der Waals surface area (Å²) in [5.41, 5.74) is 4.02. The van der Waals surface area contributed by atoms with Crippen LogP contribution in [0.1, 0.15) is 30.9 Å². The number of benzene rings is 3. The van der Waals surface area contributed by atoms with Crippen LogP contribution in [-0.4, -0.2) is 6.29 Å². The number of carbonyl (C=O) groups is 1. The van der Waals surface area contributed by atoms with Gasteiger partial charge in [0.15, 0.2) is 0 Å². The molecule has 0 aromatic heterocycles. The molecule has 4 heteroatoms. The molecule has 0 N–H and O–H groups in total. The van der Waals surface area contributed by atoms with E-state index in [4.69, 9.17) is 23.2 Å². The van der Waals surface area contributed by atoms with E-state index >= 15 is 0 Å². The molecule has 0 radical (unpaired) electrons. The van der Waals surface area contributed by atoms with E-state index in [1.54, 1.807) is 23.9 Å². The Kier molecular flexibility index (Phi) is 7.01. The number of rotatable bonds is 6. The predicted octanol–water partition coefficient (Wildman–Crippen LogP) is 8.15. The number of hydrogen-bond donors (Lipinski definition) is 0. The molecule has 28 heavy (non-hydrogen) atoms. The van der Waals surface area contributed by atoms with Crippen molar-refractivity contribution in [3.05, 3.63) is 87.9 Å². The summed E-state index contributed by atoms with van der Waals surface area (Å²) in [5, 5.41) is 1.02. The maximum absolute atomic E-state index is 10.8. The summed E-state index contributed by atoms with van der Waals surface area (Å²) in [7, 11) is 0. The highest BCUT2D eigenvalue weighted by atomic mass is 35.5.